The van der Waals surface area contributed by atoms with Crippen LogP contribution in [0.3, 0.4) is 0 Å². The number of nitrogen functional groups attached to an aromatic ring is 1. The molecule has 3 N–H and O–H groups in total. The van der Waals surface area contributed by atoms with Gasteiger partial charge in [-0.05, 0) is 29.8 Å². The number of nitrogens with zero attached hydrogens (tertiary/aromatic N) is 2. The van der Waals surface area contributed by atoms with Gasteiger partial charge in [0.2, 0.25) is 0 Å². The molecular formula is C18H16N4O. The van der Waals surface area contributed by atoms with Gasteiger partial charge < -0.3 is 11.1 Å². The average Bonchev–Trinajstić information content (AvgIpc) is 2.61. The van der Waals surface area contributed by atoms with E-state index in [0.717, 1.165) is 11.1 Å². The standard InChI is InChI=1S/C18H16N4O/c19-17-15(7-4-10-20-17)16-9-8-14(12-21-16)18(23)22-11-13-5-2-1-3-6-13/h1-10,12H,11H2,(H2,19,20)(H,22,23). The highest BCUT2D eigenvalue weighted by Crippen LogP contribution is 2.21. The van der Waals surface area contributed by atoms with Gasteiger partial charge in [0.25, 0.3) is 5.91 Å². The number of hydrogen-bond donors (Lipinski definition) is 2. The number of carbonyl (C=O) groups excluding carboxylic acids is 1. The Morgan fingerprint density at radius 2 is 1.83 bits per heavy atom. The van der Waals surface area contributed by atoms with Crippen LogP contribution in [0.2, 0.25) is 0 Å². The number of aromatic nitrogens is 2. The second-order valence-corrected chi connectivity index (χ2v) is 5.04. The maximum Gasteiger partial charge on any atom is 0.253 e. The molecule has 0 aliphatic carbocycles. The Kier molecular flexibility index (Phi) is 4.29. The normalized spacial score (nSPS) is 10.3. The Morgan fingerprint density at radius 1 is 1.00 bits per heavy atom. The summed E-state index contributed by atoms with van der Waals surface area (Å²) in [6.07, 6.45) is 3.17. The summed E-state index contributed by atoms with van der Waals surface area (Å²) in [5.41, 5.74) is 8.83. The van der Waals surface area contributed by atoms with Crippen LogP contribution in [0.1, 0.15) is 15.9 Å². The van der Waals surface area contributed by atoms with Crippen LogP contribution in [0.4, 0.5) is 5.82 Å². The van der Waals surface area contributed by atoms with Gasteiger partial charge in [0, 0.05) is 24.5 Å². The van der Waals surface area contributed by atoms with Crippen LogP contribution < -0.4 is 11.1 Å². The van der Waals surface area contributed by atoms with Crippen molar-refractivity contribution in [2.75, 3.05) is 5.73 Å². The van der Waals surface area contributed by atoms with Crippen LogP contribution in [-0.2, 0) is 6.54 Å². The lowest BCUT2D eigenvalue weighted by Crippen LogP contribution is -2.22. The largest absolute Gasteiger partial charge is 0.383 e. The van der Waals surface area contributed by atoms with Crippen molar-refractivity contribution in [1.82, 2.24) is 15.3 Å². The molecule has 3 rings (SSSR count). The van der Waals surface area contributed by atoms with E-state index in [1.165, 1.54) is 0 Å². The molecule has 0 radical (unpaired) electrons. The molecule has 0 aliphatic heterocycles. The van der Waals surface area contributed by atoms with Crippen LogP contribution >= 0.6 is 0 Å². The Labute approximate surface area is 134 Å². The van der Waals surface area contributed by atoms with Crippen LogP contribution in [0.15, 0.2) is 67.0 Å². The van der Waals surface area contributed by atoms with Gasteiger partial charge >= 0.3 is 0 Å². The fourth-order valence-corrected chi connectivity index (χ4v) is 2.20. The van der Waals surface area contributed by atoms with E-state index in [1.807, 2.05) is 36.4 Å². The lowest BCUT2D eigenvalue weighted by atomic mass is 10.1. The summed E-state index contributed by atoms with van der Waals surface area (Å²) in [4.78, 5) is 20.5. The number of pyridine rings is 2. The summed E-state index contributed by atoms with van der Waals surface area (Å²) in [5.74, 6) is 0.258. The molecule has 114 valence electrons. The number of benzene rings is 1. The highest BCUT2D eigenvalue weighted by Gasteiger charge is 2.08. The van der Waals surface area contributed by atoms with Gasteiger partial charge in [-0.3, -0.25) is 9.78 Å². The van der Waals surface area contributed by atoms with Gasteiger partial charge in [0.1, 0.15) is 5.82 Å². The van der Waals surface area contributed by atoms with Crippen LogP contribution in [0.5, 0.6) is 0 Å². The number of rotatable bonds is 4. The van der Waals surface area contributed by atoms with E-state index >= 15 is 0 Å². The Bertz CT molecular complexity index is 801. The topological polar surface area (TPSA) is 80.9 Å². The third-order valence-electron chi connectivity index (χ3n) is 3.44. The highest BCUT2D eigenvalue weighted by atomic mass is 16.1. The summed E-state index contributed by atoms with van der Waals surface area (Å²) in [5, 5.41) is 2.87. The number of nitrogens with two attached hydrogens (primary N) is 1. The predicted molar refractivity (Wildman–Crippen MR) is 89.5 cm³/mol. The third kappa shape index (κ3) is 3.52. The van der Waals surface area contributed by atoms with Gasteiger partial charge in [0.05, 0.1) is 11.3 Å². The van der Waals surface area contributed by atoms with Crippen molar-refractivity contribution >= 4 is 11.7 Å². The molecule has 0 bridgehead atoms. The van der Waals surface area contributed by atoms with Crippen molar-refractivity contribution in [1.29, 1.82) is 0 Å². The predicted octanol–water partition coefficient (Wildman–Crippen LogP) is 2.66. The molecule has 1 amide bonds. The Morgan fingerprint density at radius 3 is 2.52 bits per heavy atom. The molecule has 3 aromatic rings. The number of nitrogens with one attached hydrogen (secondary N) is 1. The van der Waals surface area contributed by atoms with E-state index in [-0.39, 0.29) is 5.91 Å². The Hall–Kier alpha value is -3.21. The minimum Gasteiger partial charge on any atom is -0.383 e. The number of hydrogen-bond acceptors (Lipinski definition) is 4. The maximum atomic E-state index is 12.1. The zero-order chi connectivity index (χ0) is 16.1. The molecule has 0 spiro atoms. The molecule has 0 aliphatic rings. The first-order chi connectivity index (χ1) is 11.2. The Balaban J connectivity index is 1.70. The van der Waals surface area contributed by atoms with E-state index < -0.39 is 0 Å². The zero-order valence-electron chi connectivity index (χ0n) is 12.4. The first-order valence-corrected chi connectivity index (χ1v) is 7.23. The van der Waals surface area contributed by atoms with Gasteiger partial charge in [-0.1, -0.05) is 30.3 Å². The fraction of sp³-hybridized carbons (Fsp3) is 0.0556. The van der Waals surface area contributed by atoms with Gasteiger partial charge in [-0.2, -0.15) is 0 Å². The number of anilines is 1. The SMILES string of the molecule is Nc1ncccc1-c1ccc(C(=O)NCc2ccccc2)cn1. The van der Waals surface area contributed by atoms with E-state index in [2.05, 4.69) is 15.3 Å². The minimum absolute atomic E-state index is 0.160. The molecule has 5 nitrogen and oxygen atoms in total. The molecule has 2 aromatic heterocycles. The monoisotopic (exact) mass is 304 g/mol. The van der Waals surface area contributed by atoms with Crippen molar-refractivity contribution < 1.29 is 4.79 Å². The van der Waals surface area contributed by atoms with Gasteiger partial charge in [-0.25, -0.2) is 4.98 Å². The molecular weight excluding hydrogens is 288 g/mol. The molecule has 0 unspecified atom stereocenters. The molecule has 0 atom stereocenters. The second kappa shape index (κ2) is 6.70. The molecule has 1 aromatic carbocycles. The molecule has 5 heteroatoms. The number of amides is 1. The lowest BCUT2D eigenvalue weighted by Gasteiger charge is -2.07. The van der Waals surface area contributed by atoms with E-state index in [1.54, 1.807) is 30.6 Å². The first-order valence-electron chi connectivity index (χ1n) is 7.23. The van der Waals surface area contributed by atoms with E-state index in [0.29, 0.717) is 23.6 Å². The maximum absolute atomic E-state index is 12.1. The smallest absolute Gasteiger partial charge is 0.253 e. The summed E-state index contributed by atoms with van der Waals surface area (Å²) < 4.78 is 0. The number of carbonyl (C=O) groups is 1. The van der Waals surface area contributed by atoms with Crippen molar-refractivity contribution in [2.45, 2.75) is 6.54 Å². The summed E-state index contributed by atoms with van der Waals surface area (Å²) in [6.45, 7) is 0.483. The second-order valence-electron chi connectivity index (χ2n) is 5.04. The van der Waals surface area contributed by atoms with Crippen molar-refractivity contribution in [3.8, 4) is 11.3 Å². The van der Waals surface area contributed by atoms with Crippen LogP contribution in [-0.4, -0.2) is 15.9 Å². The van der Waals surface area contributed by atoms with Crippen LogP contribution in [0, 0.1) is 0 Å². The van der Waals surface area contributed by atoms with Crippen molar-refractivity contribution in [2.24, 2.45) is 0 Å². The van der Waals surface area contributed by atoms with Gasteiger partial charge in [0.15, 0.2) is 0 Å². The highest BCUT2D eigenvalue weighted by molar-refractivity contribution is 5.94. The van der Waals surface area contributed by atoms with Gasteiger partial charge in [-0.15, -0.1) is 0 Å². The zero-order valence-corrected chi connectivity index (χ0v) is 12.4. The van der Waals surface area contributed by atoms with Crippen molar-refractivity contribution in [3.05, 3.63) is 78.1 Å². The van der Waals surface area contributed by atoms with Crippen LogP contribution in [0.25, 0.3) is 11.3 Å². The molecule has 0 saturated carbocycles. The summed E-state index contributed by atoms with van der Waals surface area (Å²) in [6, 6.07) is 16.9. The van der Waals surface area contributed by atoms with E-state index in [9.17, 15) is 4.79 Å². The molecule has 23 heavy (non-hydrogen) atoms. The first kappa shape index (κ1) is 14.7. The quantitative estimate of drug-likeness (QED) is 0.776. The summed E-state index contributed by atoms with van der Waals surface area (Å²) in [7, 11) is 0. The minimum atomic E-state index is -0.160. The van der Waals surface area contributed by atoms with Crippen molar-refractivity contribution in [3.63, 3.8) is 0 Å². The van der Waals surface area contributed by atoms with E-state index in [4.69, 9.17) is 5.73 Å². The molecule has 2 heterocycles. The summed E-state index contributed by atoms with van der Waals surface area (Å²) >= 11 is 0. The molecule has 0 saturated heterocycles. The average molecular weight is 304 g/mol. The lowest BCUT2D eigenvalue weighted by molar-refractivity contribution is 0.0950. The molecule has 0 fully saturated rings. The fourth-order valence-electron chi connectivity index (χ4n) is 2.20. The third-order valence-corrected chi connectivity index (χ3v) is 3.44.